The van der Waals surface area contributed by atoms with Crippen LogP contribution >= 0.6 is 34.0 Å². The Morgan fingerprint density at radius 2 is 1.76 bits per heavy atom. The van der Waals surface area contributed by atoms with Gasteiger partial charge in [-0.3, -0.25) is 9.97 Å². The summed E-state index contributed by atoms with van der Waals surface area (Å²) in [5.74, 6) is 0. The van der Waals surface area contributed by atoms with Crippen molar-refractivity contribution in [1.82, 2.24) is 9.97 Å². The van der Waals surface area contributed by atoms with Gasteiger partial charge in [-0.2, -0.15) is 0 Å². The lowest BCUT2D eigenvalue weighted by atomic mass is 10.1. The molecule has 0 saturated heterocycles. The molecule has 2 rings (SSSR count). The molecule has 0 radical (unpaired) electrons. The first-order valence-corrected chi connectivity index (χ1v) is 4.88. The topological polar surface area (TPSA) is 25.8 Å². The second kappa shape index (κ2) is 8.14. The minimum Gasteiger partial charge on any atom is -0.255 e. The zero-order valence-electron chi connectivity index (χ0n) is 9.24. The molecule has 0 saturated carbocycles. The van der Waals surface area contributed by atoms with Gasteiger partial charge in [0.2, 0.25) is 0 Å². The van der Waals surface area contributed by atoms with Gasteiger partial charge in [0.1, 0.15) is 0 Å². The fourth-order valence-corrected chi connectivity index (χ4v) is 1.49. The van der Waals surface area contributed by atoms with Crippen LogP contribution in [-0.2, 0) is 6.42 Å². The van der Waals surface area contributed by atoms with Gasteiger partial charge in [-0.1, -0.05) is 18.2 Å². The molecule has 0 fully saturated rings. The summed E-state index contributed by atoms with van der Waals surface area (Å²) < 4.78 is 0. The number of rotatable bonds is 3. The molecule has 0 N–H and O–H groups in total. The minimum atomic E-state index is 0. The number of allylic oxidation sites excluding steroid dienone is 1. The van der Waals surface area contributed by atoms with Gasteiger partial charge < -0.3 is 0 Å². The van der Waals surface area contributed by atoms with Crippen LogP contribution in [0.15, 0.2) is 55.4 Å². The molecule has 0 aliphatic rings. The zero-order valence-corrected chi connectivity index (χ0v) is 12.7. The summed E-state index contributed by atoms with van der Waals surface area (Å²) in [6.07, 6.45) is 6.27. The monoisotopic (exact) mass is 356 g/mol. The molecule has 0 aromatic carbocycles. The number of pyridine rings is 2. The molecule has 90 valence electrons. The Morgan fingerprint density at radius 3 is 2.41 bits per heavy atom. The molecular weight excluding hydrogens is 344 g/mol. The molecule has 0 bridgehead atoms. The van der Waals surface area contributed by atoms with Gasteiger partial charge in [-0.05, 0) is 30.2 Å². The maximum absolute atomic E-state index is 4.36. The summed E-state index contributed by atoms with van der Waals surface area (Å²) in [5, 5.41) is 0. The Labute approximate surface area is 122 Å². The van der Waals surface area contributed by atoms with Crippen LogP contribution in [0.5, 0.6) is 0 Å². The molecule has 4 heteroatoms. The van der Waals surface area contributed by atoms with Crippen molar-refractivity contribution in [2.24, 2.45) is 0 Å². The van der Waals surface area contributed by atoms with E-state index in [2.05, 4.69) is 22.6 Å². The van der Waals surface area contributed by atoms with E-state index in [1.54, 1.807) is 12.4 Å². The molecule has 0 aliphatic heterocycles. The Bertz CT molecular complexity index is 458. The van der Waals surface area contributed by atoms with Gasteiger partial charge in [0.15, 0.2) is 0 Å². The maximum Gasteiger partial charge on any atom is 0.0921 e. The molecule has 2 heterocycles. The van der Waals surface area contributed by atoms with Crippen LogP contribution in [0.3, 0.4) is 0 Å². The van der Waals surface area contributed by atoms with E-state index in [-0.39, 0.29) is 34.0 Å². The van der Waals surface area contributed by atoms with E-state index in [1.165, 1.54) is 0 Å². The third kappa shape index (κ3) is 4.06. The fourth-order valence-electron chi connectivity index (χ4n) is 1.49. The van der Waals surface area contributed by atoms with E-state index in [9.17, 15) is 0 Å². The fraction of sp³-hybridized carbons (Fsp3) is 0.0769. The van der Waals surface area contributed by atoms with Crippen LogP contribution in [0.2, 0.25) is 0 Å². The molecule has 2 nitrogen and oxygen atoms in total. The van der Waals surface area contributed by atoms with Crippen LogP contribution in [0, 0.1) is 0 Å². The lowest BCUT2D eigenvalue weighted by Gasteiger charge is -2.04. The Hall–Kier alpha value is -1.00. The van der Waals surface area contributed by atoms with Gasteiger partial charge in [0.05, 0.1) is 11.4 Å². The van der Waals surface area contributed by atoms with Crippen molar-refractivity contribution in [1.29, 1.82) is 0 Å². The lowest BCUT2D eigenvalue weighted by Crippen LogP contribution is -1.92. The van der Waals surface area contributed by atoms with Crippen molar-refractivity contribution < 1.29 is 0 Å². The second-order valence-electron chi connectivity index (χ2n) is 3.22. The molecule has 0 atom stereocenters. The van der Waals surface area contributed by atoms with Gasteiger partial charge in [-0.25, -0.2) is 0 Å². The standard InChI is InChI=1S/C13H12N2.2BrH/c1-2-6-11-7-5-10-15-13(11)12-8-3-4-9-14-12;;/h2-5,7-10H,1,6H2;2*1H. The van der Waals surface area contributed by atoms with Crippen LogP contribution in [0.1, 0.15) is 5.56 Å². The van der Waals surface area contributed by atoms with E-state index in [1.807, 2.05) is 30.3 Å². The second-order valence-corrected chi connectivity index (χ2v) is 3.22. The Kier molecular flexibility index (Phi) is 7.66. The van der Waals surface area contributed by atoms with E-state index in [4.69, 9.17) is 0 Å². The van der Waals surface area contributed by atoms with Crippen molar-refractivity contribution in [2.45, 2.75) is 6.42 Å². The van der Waals surface area contributed by atoms with Crippen LogP contribution in [-0.4, -0.2) is 9.97 Å². The highest BCUT2D eigenvalue weighted by Crippen LogP contribution is 2.18. The molecule has 2 aromatic rings. The predicted octanol–water partition coefficient (Wildman–Crippen LogP) is 4.03. The third-order valence-electron chi connectivity index (χ3n) is 2.16. The van der Waals surface area contributed by atoms with E-state index < -0.39 is 0 Å². The van der Waals surface area contributed by atoms with E-state index in [0.717, 1.165) is 23.4 Å². The quantitative estimate of drug-likeness (QED) is 0.775. The number of aromatic nitrogens is 2. The normalized spacial score (nSPS) is 8.71. The number of halogens is 2. The summed E-state index contributed by atoms with van der Waals surface area (Å²) >= 11 is 0. The van der Waals surface area contributed by atoms with Crippen molar-refractivity contribution in [3.05, 3.63) is 60.9 Å². The van der Waals surface area contributed by atoms with Crippen molar-refractivity contribution >= 4 is 34.0 Å². The number of hydrogen-bond acceptors (Lipinski definition) is 2. The van der Waals surface area contributed by atoms with Crippen molar-refractivity contribution in [3.8, 4) is 11.4 Å². The summed E-state index contributed by atoms with van der Waals surface area (Å²) in [6, 6.07) is 9.83. The number of hydrogen-bond donors (Lipinski definition) is 0. The summed E-state index contributed by atoms with van der Waals surface area (Å²) in [4.78, 5) is 8.65. The summed E-state index contributed by atoms with van der Waals surface area (Å²) in [7, 11) is 0. The molecule has 2 aromatic heterocycles. The Balaban J connectivity index is 0.00000128. The van der Waals surface area contributed by atoms with Crippen LogP contribution in [0.4, 0.5) is 0 Å². The summed E-state index contributed by atoms with van der Waals surface area (Å²) in [5.41, 5.74) is 3.01. The van der Waals surface area contributed by atoms with Crippen LogP contribution < -0.4 is 0 Å². The average Bonchev–Trinajstić information content (AvgIpc) is 2.31. The highest BCUT2D eigenvalue weighted by molar-refractivity contribution is 8.93. The first kappa shape index (κ1) is 16.0. The van der Waals surface area contributed by atoms with Crippen molar-refractivity contribution in [3.63, 3.8) is 0 Å². The van der Waals surface area contributed by atoms with Gasteiger partial charge in [-0.15, -0.1) is 40.5 Å². The number of nitrogens with zero attached hydrogens (tertiary/aromatic N) is 2. The van der Waals surface area contributed by atoms with Crippen LogP contribution in [0.25, 0.3) is 11.4 Å². The van der Waals surface area contributed by atoms with Gasteiger partial charge in [0, 0.05) is 12.4 Å². The third-order valence-corrected chi connectivity index (χ3v) is 2.16. The largest absolute Gasteiger partial charge is 0.255 e. The van der Waals surface area contributed by atoms with E-state index >= 15 is 0 Å². The molecule has 17 heavy (non-hydrogen) atoms. The minimum absolute atomic E-state index is 0. The first-order valence-electron chi connectivity index (χ1n) is 4.88. The SMILES string of the molecule is Br.Br.C=CCc1cccnc1-c1ccccn1. The molecule has 0 aliphatic carbocycles. The predicted molar refractivity (Wildman–Crippen MR) is 82.0 cm³/mol. The molecule has 0 spiro atoms. The Morgan fingerprint density at radius 1 is 1.00 bits per heavy atom. The van der Waals surface area contributed by atoms with Crippen molar-refractivity contribution in [2.75, 3.05) is 0 Å². The first-order chi connectivity index (χ1) is 7.42. The average molecular weight is 358 g/mol. The molecule has 0 amide bonds. The van der Waals surface area contributed by atoms with E-state index in [0.29, 0.717) is 0 Å². The lowest BCUT2D eigenvalue weighted by molar-refractivity contribution is 1.17. The highest BCUT2D eigenvalue weighted by Gasteiger charge is 2.04. The molecule has 0 unspecified atom stereocenters. The van der Waals surface area contributed by atoms with Gasteiger partial charge >= 0.3 is 0 Å². The summed E-state index contributed by atoms with van der Waals surface area (Å²) in [6.45, 7) is 3.74. The zero-order chi connectivity index (χ0) is 10.5. The smallest absolute Gasteiger partial charge is 0.0921 e. The maximum atomic E-state index is 4.36. The highest BCUT2D eigenvalue weighted by atomic mass is 79.9. The van der Waals surface area contributed by atoms with Gasteiger partial charge in [0.25, 0.3) is 0 Å². The molecular formula is C13H14Br2N2.